The normalized spacial score (nSPS) is 12.5. The zero-order chi connectivity index (χ0) is 14.3. The highest BCUT2D eigenvalue weighted by molar-refractivity contribution is 6.17. The van der Waals surface area contributed by atoms with Crippen LogP contribution in [-0.4, -0.2) is 45.0 Å². The Bertz CT molecular complexity index is 388. The van der Waals surface area contributed by atoms with Gasteiger partial charge in [0.05, 0.1) is 19.3 Å². The first-order chi connectivity index (χ1) is 9.13. The van der Waals surface area contributed by atoms with Gasteiger partial charge in [-0.3, -0.25) is 0 Å². The summed E-state index contributed by atoms with van der Waals surface area (Å²) < 4.78 is 10.4. The van der Waals surface area contributed by atoms with Crippen molar-refractivity contribution in [2.24, 2.45) is 0 Å². The molecule has 0 aliphatic rings. The Morgan fingerprint density at radius 2 is 2.11 bits per heavy atom. The van der Waals surface area contributed by atoms with Crippen molar-refractivity contribution >= 4 is 17.4 Å². The second-order valence-electron chi connectivity index (χ2n) is 4.61. The number of alkyl halides is 1. The molecule has 0 radical (unpaired) electrons. The molecule has 1 unspecified atom stereocenters. The quantitative estimate of drug-likeness (QED) is 0.688. The highest BCUT2D eigenvalue weighted by atomic mass is 35.5. The van der Waals surface area contributed by atoms with Crippen LogP contribution in [-0.2, 0) is 15.4 Å². The molecule has 108 valence electrons. The van der Waals surface area contributed by atoms with Gasteiger partial charge >= 0.3 is 0 Å². The van der Waals surface area contributed by atoms with Crippen LogP contribution in [0.3, 0.4) is 0 Å². The van der Waals surface area contributed by atoms with E-state index in [9.17, 15) is 0 Å². The van der Waals surface area contributed by atoms with Gasteiger partial charge in [0, 0.05) is 32.8 Å². The van der Waals surface area contributed by atoms with Gasteiger partial charge in [-0.25, -0.2) is 4.98 Å². The fourth-order valence-electron chi connectivity index (χ4n) is 2.06. The van der Waals surface area contributed by atoms with E-state index >= 15 is 0 Å². The molecule has 1 aromatic heterocycles. The van der Waals surface area contributed by atoms with Crippen molar-refractivity contribution < 1.29 is 9.47 Å². The van der Waals surface area contributed by atoms with Gasteiger partial charge in [0.15, 0.2) is 0 Å². The van der Waals surface area contributed by atoms with E-state index < -0.39 is 0 Å². The lowest BCUT2D eigenvalue weighted by Crippen LogP contribution is -2.39. The molecular formula is C14H23ClN2O2. The summed E-state index contributed by atoms with van der Waals surface area (Å²) in [6, 6.07) is 2.32. The third kappa shape index (κ3) is 4.64. The van der Waals surface area contributed by atoms with Gasteiger partial charge in [0.2, 0.25) is 0 Å². The van der Waals surface area contributed by atoms with Gasteiger partial charge in [-0.1, -0.05) is 0 Å². The predicted octanol–water partition coefficient (Wildman–Crippen LogP) is 2.62. The van der Waals surface area contributed by atoms with E-state index in [1.54, 1.807) is 14.2 Å². The Balaban J connectivity index is 2.95. The summed E-state index contributed by atoms with van der Waals surface area (Å²) in [6.45, 7) is 6.27. The maximum atomic E-state index is 5.83. The molecule has 0 aliphatic heterocycles. The summed E-state index contributed by atoms with van der Waals surface area (Å²) in [5, 5.41) is 0. The number of aromatic nitrogens is 1. The lowest BCUT2D eigenvalue weighted by Gasteiger charge is -2.31. The molecule has 1 aromatic rings. The standard InChI is InChI=1S/C14H23ClN2O2/c1-11-7-13(8-15)9-16-14(11)17(5-6-18-3)12(2)10-19-4/h7,9,12H,5-6,8,10H2,1-4H3. The average molecular weight is 287 g/mol. The van der Waals surface area contributed by atoms with E-state index in [2.05, 4.69) is 29.8 Å². The number of anilines is 1. The molecule has 0 bridgehead atoms. The molecular weight excluding hydrogens is 264 g/mol. The van der Waals surface area contributed by atoms with Crippen LogP contribution >= 0.6 is 11.6 Å². The fourth-order valence-corrected chi connectivity index (χ4v) is 2.20. The molecule has 19 heavy (non-hydrogen) atoms. The van der Waals surface area contributed by atoms with Crippen molar-refractivity contribution in [3.63, 3.8) is 0 Å². The SMILES string of the molecule is COCCN(c1ncc(CCl)cc1C)C(C)COC. The number of ether oxygens (including phenoxy) is 2. The Hall–Kier alpha value is -0.840. The van der Waals surface area contributed by atoms with Gasteiger partial charge in [-0.2, -0.15) is 0 Å². The summed E-state index contributed by atoms with van der Waals surface area (Å²) in [5.41, 5.74) is 2.16. The molecule has 0 aliphatic carbocycles. The molecule has 0 amide bonds. The highest BCUT2D eigenvalue weighted by Gasteiger charge is 2.17. The maximum Gasteiger partial charge on any atom is 0.131 e. The number of pyridine rings is 1. The van der Waals surface area contributed by atoms with Crippen molar-refractivity contribution in [3.05, 3.63) is 23.4 Å². The summed E-state index contributed by atoms with van der Waals surface area (Å²) >= 11 is 5.83. The van der Waals surface area contributed by atoms with Gasteiger partial charge in [-0.05, 0) is 31.0 Å². The monoisotopic (exact) mass is 286 g/mol. The minimum absolute atomic E-state index is 0.244. The van der Waals surface area contributed by atoms with E-state index in [-0.39, 0.29) is 6.04 Å². The lowest BCUT2D eigenvalue weighted by molar-refractivity contribution is 0.170. The first kappa shape index (κ1) is 16.2. The van der Waals surface area contributed by atoms with E-state index in [1.807, 2.05) is 6.20 Å². The van der Waals surface area contributed by atoms with Crippen LogP contribution in [0.25, 0.3) is 0 Å². The summed E-state index contributed by atoms with van der Waals surface area (Å²) in [7, 11) is 3.41. The Kier molecular flexibility index (Phi) is 7.13. The Labute approximate surface area is 120 Å². The van der Waals surface area contributed by atoms with Crippen LogP contribution in [0.15, 0.2) is 12.3 Å². The van der Waals surface area contributed by atoms with Crippen LogP contribution in [0.5, 0.6) is 0 Å². The predicted molar refractivity (Wildman–Crippen MR) is 79.1 cm³/mol. The minimum atomic E-state index is 0.244. The summed E-state index contributed by atoms with van der Waals surface area (Å²) in [5.74, 6) is 1.45. The first-order valence-electron chi connectivity index (χ1n) is 6.40. The van der Waals surface area contributed by atoms with E-state index in [1.165, 1.54) is 0 Å². The molecule has 1 atom stereocenters. The number of halogens is 1. The largest absolute Gasteiger partial charge is 0.383 e. The van der Waals surface area contributed by atoms with Crippen molar-refractivity contribution in [1.82, 2.24) is 4.98 Å². The van der Waals surface area contributed by atoms with Crippen molar-refractivity contribution in [1.29, 1.82) is 0 Å². The van der Waals surface area contributed by atoms with Gasteiger partial charge in [-0.15, -0.1) is 11.6 Å². The molecule has 4 nitrogen and oxygen atoms in total. The maximum absolute atomic E-state index is 5.83. The lowest BCUT2D eigenvalue weighted by atomic mass is 10.2. The van der Waals surface area contributed by atoms with Gasteiger partial charge in [0.25, 0.3) is 0 Å². The summed E-state index contributed by atoms with van der Waals surface area (Å²) in [6.07, 6.45) is 1.83. The number of rotatable bonds is 8. The molecule has 0 saturated heterocycles. The van der Waals surface area contributed by atoms with Gasteiger partial charge < -0.3 is 14.4 Å². The summed E-state index contributed by atoms with van der Waals surface area (Å²) in [4.78, 5) is 6.74. The van der Waals surface area contributed by atoms with E-state index in [0.29, 0.717) is 19.1 Å². The Morgan fingerprint density at radius 1 is 1.37 bits per heavy atom. The van der Waals surface area contributed by atoms with E-state index in [0.717, 1.165) is 23.5 Å². The van der Waals surface area contributed by atoms with Crippen molar-refractivity contribution in [2.75, 3.05) is 38.9 Å². The zero-order valence-corrected chi connectivity index (χ0v) is 12.9. The minimum Gasteiger partial charge on any atom is -0.383 e. The van der Waals surface area contributed by atoms with Gasteiger partial charge in [0.1, 0.15) is 5.82 Å². The van der Waals surface area contributed by atoms with E-state index in [4.69, 9.17) is 21.1 Å². The molecule has 0 spiro atoms. The van der Waals surface area contributed by atoms with Crippen LogP contribution in [0.1, 0.15) is 18.1 Å². The molecule has 0 N–H and O–H groups in total. The number of aryl methyl sites for hydroxylation is 1. The molecule has 1 heterocycles. The van der Waals surface area contributed by atoms with Crippen LogP contribution in [0.4, 0.5) is 5.82 Å². The van der Waals surface area contributed by atoms with Crippen LogP contribution in [0.2, 0.25) is 0 Å². The van der Waals surface area contributed by atoms with Crippen LogP contribution in [0, 0.1) is 6.92 Å². The van der Waals surface area contributed by atoms with Crippen LogP contribution < -0.4 is 4.90 Å². The molecule has 5 heteroatoms. The average Bonchev–Trinajstić information content (AvgIpc) is 2.40. The smallest absolute Gasteiger partial charge is 0.131 e. The number of methoxy groups -OCH3 is 2. The topological polar surface area (TPSA) is 34.6 Å². The zero-order valence-electron chi connectivity index (χ0n) is 12.1. The Morgan fingerprint density at radius 3 is 2.63 bits per heavy atom. The molecule has 0 saturated carbocycles. The third-order valence-electron chi connectivity index (χ3n) is 3.01. The van der Waals surface area contributed by atoms with Crippen molar-refractivity contribution in [3.8, 4) is 0 Å². The highest BCUT2D eigenvalue weighted by Crippen LogP contribution is 2.21. The second-order valence-corrected chi connectivity index (χ2v) is 4.88. The molecule has 0 aromatic carbocycles. The first-order valence-corrected chi connectivity index (χ1v) is 6.93. The molecule has 0 fully saturated rings. The van der Waals surface area contributed by atoms with Crippen molar-refractivity contribution in [2.45, 2.75) is 25.8 Å². The third-order valence-corrected chi connectivity index (χ3v) is 3.32. The molecule has 1 rings (SSSR count). The number of hydrogen-bond donors (Lipinski definition) is 0. The fraction of sp³-hybridized carbons (Fsp3) is 0.643. The second kappa shape index (κ2) is 8.35. The number of nitrogens with zero attached hydrogens (tertiary/aromatic N) is 2. The number of hydrogen-bond acceptors (Lipinski definition) is 4.